The fourth-order valence-electron chi connectivity index (χ4n) is 2.33. The van der Waals surface area contributed by atoms with Crippen LogP contribution in [0.1, 0.15) is 23.0 Å². The SMILES string of the molecule is COc1ccc(C)cc1NC(=O)[C@H](C)OC(=O)CNC(=O)CNC(=O)c1ccco1. The Morgan fingerprint density at radius 1 is 1.10 bits per heavy atom. The van der Waals surface area contributed by atoms with E-state index < -0.39 is 36.3 Å². The van der Waals surface area contributed by atoms with Gasteiger partial charge >= 0.3 is 5.97 Å². The summed E-state index contributed by atoms with van der Waals surface area (Å²) >= 11 is 0. The lowest BCUT2D eigenvalue weighted by atomic mass is 10.2. The van der Waals surface area contributed by atoms with Gasteiger partial charge in [-0.3, -0.25) is 19.2 Å². The Kier molecular flexibility index (Phi) is 7.98. The Morgan fingerprint density at radius 3 is 2.53 bits per heavy atom. The molecule has 0 spiro atoms. The monoisotopic (exact) mass is 417 g/mol. The van der Waals surface area contributed by atoms with Gasteiger partial charge in [0.25, 0.3) is 11.8 Å². The van der Waals surface area contributed by atoms with Gasteiger partial charge in [-0.1, -0.05) is 6.07 Å². The number of rotatable bonds is 9. The van der Waals surface area contributed by atoms with E-state index in [0.717, 1.165) is 5.56 Å². The van der Waals surface area contributed by atoms with E-state index in [4.69, 9.17) is 13.9 Å². The highest BCUT2D eigenvalue weighted by Crippen LogP contribution is 2.25. The third-order valence-electron chi connectivity index (χ3n) is 3.87. The Hall–Kier alpha value is -3.82. The quantitative estimate of drug-likeness (QED) is 0.518. The molecule has 0 saturated carbocycles. The molecule has 3 amide bonds. The van der Waals surface area contributed by atoms with Crippen molar-refractivity contribution >= 4 is 29.4 Å². The number of hydrogen-bond donors (Lipinski definition) is 3. The van der Waals surface area contributed by atoms with Crippen LogP contribution in [0.3, 0.4) is 0 Å². The topological polar surface area (TPSA) is 136 Å². The van der Waals surface area contributed by atoms with Gasteiger partial charge in [-0.25, -0.2) is 0 Å². The summed E-state index contributed by atoms with van der Waals surface area (Å²) in [6.07, 6.45) is 0.232. The number of benzene rings is 1. The second kappa shape index (κ2) is 10.6. The van der Waals surface area contributed by atoms with E-state index in [2.05, 4.69) is 16.0 Å². The largest absolute Gasteiger partial charge is 0.495 e. The minimum absolute atomic E-state index is 0.0623. The van der Waals surface area contributed by atoms with E-state index in [1.165, 1.54) is 32.4 Å². The van der Waals surface area contributed by atoms with Crippen molar-refractivity contribution in [2.75, 3.05) is 25.5 Å². The summed E-state index contributed by atoms with van der Waals surface area (Å²) in [4.78, 5) is 47.5. The van der Waals surface area contributed by atoms with Gasteiger partial charge in [0.1, 0.15) is 12.3 Å². The molecule has 2 rings (SSSR count). The Bertz CT molecular complexity index is 909. The molecule has 3 N–H and O–H groups in total. The minimum atomic E-state index is -1.10. The molecule has 0 saturated heterocycles. The summed E-state index contributed by atoms with van der Waals surface area (Å²) < 4.78 is 15.1. The number of amides is 3. The fourth-order valence-corrected chi connectivity index (χ4v) is 2.33. The van der Waals surface area contributed by atoms with Crippen LogP contribution in [0.4, 0.5) is 5.69 Å². The third-order valence-corrected chi connectivity index (χ3v) is 3.87. The van der Waals surface area contributed by atoms with Crippen LogP contribution in [0.15, 0.2) is 41.0 Å². The van der Waals surface area contributed by atoms with Crippen LogP contribution >= 0.6 is 0 Å². The molecule has 30 heavy (non-hydrogen) atoms. The molecule has 10 nitrogen and oxygen atoms in total. The van der Waals surface area contributed by atoms with Crippen molar-refractivity contribution in [3.8, 4) is 5.75 Å². The van der Waals surface area contributed by atoms with Crippen molar-refractivity contribution in [3.63, 3.8) is 0 Å². The van der Waals surface area contributed by atoms with Gasteiger partial charge in [0.05, 0.1) is 25.6 Å². The van der Waals surface area contributed by atoms with Gasteiger partial charge in [-0.2, -0.15) is 0 Å². The van der Waals surface area contributed by atoms with E-state index in [9.17, 15) is 19.2 Å². The molecule has 0 radical (unpaired) electrons. The van der Waals surface area contributed by atoms with Crippen molar-refractivity contribution in [1.29, 1.82) is 0 Å². The number of anilines is 1. The van der Waals surface area contributed by atoms with Crippen molar-refractivity contribution in [2.45, 2.75) is 20.0 Å². The van der Waals surface area contributed by atoms with Crippen LogP contribution in [0.5, 0.6) is 5.75 Å². The number of furan rings is 1. The summed E-state index contributed by atoms with van der Waals surface area (Å²) in [6.45, 7) is 2.45. The summed E-state index contributed by atoms with van der Waals surface area (Å²) in [7, 11) is 1.48. The maximum absolute atomic E-state index is 12.3. The predicted molar refractivity (Wildman–Crippen MR) is 106 cm³/mol. The standard InChI is InChI=1S/C20H23N3O7/c1-12-6-7-15(28-3)14(9-12)23-19(26)13(2)30-18(25)11-21-17(24)10-22-20(27)16-5-4-8-29-16/h4-9,13H,10-11H2,1-3H3,(H,21,24)(H,22,27)(H,23,26)/t13-/m0/s1. The van der Waals surface area contributed by atoms with Crippen molar-refractivity contribution in [1.82, 2.24) is 10.6 Å². The van der Waals surface area contributed by atoms with E-state index in [0.29, 0.717) is 11.4 Å². The molecule has 0 aliphatic carbocycles. The normalized spacial score (nSPS) is 11.2. The zero-order valence-electron chi connectivity index (χ0n) is 16.8. The van der Waals surface area contributed by atoms with E-state index in [1.807, 2.05) is 13.0 Å². The molecule has 10 heteroatoms. The molecule has 1 aromatic carbocycles. The molecular formula is C20H23N3O7. The number of esters is 1. The van der Waals surface area contributed by atoms with Crippen molar-refractivity contribution < 1.29 is 33.1 Å². The van der Waals surface area contributed by atoms with Gasteiger partial charge in [-0.05, 0) is 43.7 Å². The molecule has 0 fully saturated rings. The molecule has 0 unspecified atom stereocenters. The Labute approximate surface area is 172 Å². The number of carbonyl (C=O) groups excluding carboxylic acids is 4. The molecular weight excluding hydrogens is 394 g/mol. The van der Waals surface area contributed by atoms with Gasteiger partial charge in [0, 0.05) is 0 Å². The Morgan fingerprint density at radius 2 is 1.87 bits per heavy atom. The lowest BCUT2D eigenvalue weighted by molar-refractivity contribution is -0.152. The minimum Gasteiger partial charge on any atom is -0.495 e. The number of methoxy groups -OCH3 is 1. The predicted octanol–water partition coefficient (Wildman–Crippen LogP) is 1.01. The third kappa shape index (κ3) is 6.66. The van der Waals surface area contributed by atoms with Crippen LogP contribution in [-0.4, -0.2) is 50.0 Å². The average molecular weight is 417 g/mol. The molecule has 160 valence electrons. The van der Waals surface area contributed by atoms with E-state index >= 15 is 0 Å². The molecule has 0 bridgehead atoms. The van der Waals surface area contributed by atoms with Gasteiger partial charge in [0.2, 0.25) is 5.91 Å². The summed E-state index contributed by atoms with van der Waals surface area (Å²) in [5.74, 6) is -1.99. The van der Waals surface area contributed by atoms with Gasteiger partial charge < -0.3 is 29.8 Å². The maximum Gasteiger partial charge on any atom is 0.326 e. The molecule has 2 aromatic rings. The highest BCUT2D eigenvalue weighted by Gasteiger charge is 2.20. The van der Waals surface area contributed by atoms with Crippen LogP contribution in [0.2, 0.25) is 0 Å². The first kappa shape index (κ1) is 22.5. The number of aryl methyl sites for hydroxylation is 1. The number of ether oxygens (including phenoxy) is 2. The molecule has 1 aromatic heterocycles. The summed E-state index contributed by atoms with van der Waals surface area (Å²) in [5.41, 5.74) is 1.36. The number of carbonyl (C=O) groups is 4. The fraction of sp³-hybridized carbons (Fsp3) is 0.300. The zero-order valence-corrected chi connectivity index (χ0v) is 16.8. The molecule has 1 heterocycles. The number of nitrogens with one attached hydrogen (secondary N) is 3. The highest BCUT2D eigenvalue weighted by molar-refractivity contribution is 5.97. The van der Waals surface area contributed by atoms with Crippen LogP contribution in [-0.2, 0) is 19.1 Å². The smallest absolute Gasteiger partial charge is 0.326 e. The molecule has 0 aliphatic heterocycles. The second-order valence-corrected chi connectivity index (χ2v) is 6.26. The van der Waals surface area contributed by atoms with E-state index in [1.54, 1.807) is 12.1 Å². The first-order chi connectivity index (χ1) is 14.3. The molecule has 0 aliphatic rings. The lowest BCUT2D eigenvalue weighted by Gasteiger charge is -2.16. The van der Waals surface area contributed by atoms with Gasteiger partial charge in [0.15, 0.2) is 11.9 Å². The van der Waals surface area contributed by atoms with Crippen LogP contribution in [0, 0.1) is 6.92 Å². The second-order valence-electron chi connectivity index (χ2n) is 6.26. The summed E-state index contributed by atoms with van der Waals surface area (Å²) in [6, 6.07) is 8.25. The highest BCUT2D eigenvalue weighted by atomic mass is 16.5. The van der Waals surface area contributed by atoms with E-state index in [-0.39, 0.29) is 12.3 Å². The average Bonchev–Trinajstić information content (AvgIpc) is 3.25. The van der Waals surface area contributed by atoms with Gasteiger partial charge in [-0.15, -0.1) is 0 Å². The van der Waals surface area contributed by atoms with Crippen LogP contribution < -0.4 is 20.7 Å². The maximum atomic E-state index is 12.3. The first-order valence-corrected chi connectivity index (χ1v) is 9.03. The van der Waals surface area contributed by atoms with Crippen molar-refractivity contribution in [2.24, 2.45) is 0 Å². The summed E-state index contributed by atoms with van der Waals surface area (Å²) in [5, 5.41) is 7.26. The Balaban J connectivity index is 1.74. The molecule has 1 atom stereocenters. The first-order valence-electron chi connectivity index (χ1n) is 9.03. The lowest BCUT2D eigenvalue weighted by Crippen LogP contribution is -2.40. The number of hydrogen-bond acceptors (Lipinski definition) is 7. The van der Waals surface area contributed by atoms with Crippen molar-refractivity contribution in [3.05, 3.63) is 47.9 Å². The zero-order chi connectivity index (χ0) is 22.1. The van der Waals surface area contributed by atoms with Crippen LogP contribution in [0.25, 0.3) is 0 Å².